The van der Waals surface area contributed by atoms with E-state index in [9.17, 15) is 4.79 Å². The molecule has 0 N–H and O–H groups in total. The monoisotopic (exact) mass is 168 g/mol. The highest BCUT2D eigenvalue weighted by molar-refractivity contribution is 5.74. The summed E-state index contributed by atoms with van der Waals surface area (Å²) >= 11 is 0. The fourth-order valence-electron chi connectivity index (χ4n) is 1.91. The molecular formula is C9H12O3. The van der Waals surface area contributed by atoms with Crippen LogP contribution in [0.25, 0.3) is 0 Å². The van der Waals surface area contributed by atoms with Crippen LogP contribution in [0.3, 0.4) is 0 Å². The summed E-state index contributed by atoms with van der Waals surface area (Å²) in [6, 6.07) is 0. The van der Waals surface area contributed by atoms with E-state index < -0.39 is 0 Å². The molecule has 0 spiro atoms. The lowest BCUT2D eigenvalue weighted by Crippen LogP contribution is -2.12. The van der Waals surface area contributed by atoms with Crippen LogP contribution in [-0.4, -0.2) is 25.8 Å². The van der Waals surface area contributed by atoms with E-state index in [-0.39, 0.29) is 12.4 Å². The minimum atomic E-state index is -0.0653. The van der Waals surface area contributed by atoms with Crippen LogP contribution >= 0.6 is 0 Å². The zero-order chi connectivity index (χ0) is 8.55. The van der Waals surface area contributed by atoms with Gasteiger partial charge in [0, 0.05) is 25.9 Å². The largest absolute Gasteiger partial charge is 0.356 e. The van der Waals surface area contributed by atoms with Gasteiger partial charge in [-0.2, -0.15) is 0 Å². The molecule has 0 amide bonds. The van der Waals surface area contributed by atoms with Crippen molar-refractivity contribution in [1.29, 1.82) is 0 Å². The summed E-state index contributed by atoms with van der Waals surface area (Å²) in [7, 11) is 1.65. The highest BCUT2D eigenvalue weighted by atomic mass is 16.7. The van der Waals surface area contributed by atoms with E-state index in [0.29, 0.717) is 5.92 Å². The van der Waals surface area contributed by atoms with Gasteiger partial charge in [0.25, 0.3) is 0 Å². The molecule has 2 aliphatic rings. The molecule has 0 radical (unpaired) electrons. The molecule has 0 aromatic heterocycles. The highest BCUT2D eigenvalue weighted by Gasteiger charge is 2.38. The second-order valence-corrected chi connectivity index (χ2v) is 3.30. The normalized spacial score (nSPS) is 39.4. The van der Waals surface area contributed by atoms with Crippen molar-refractivity contribution in [3.63, 3.8) is 0 Å². The first-order valence-electron chi connectivity index (χ1n) is 4.17. The van der Waals surface area contributed by atoms with Crippen molar-refractivity contribution in [3.05, 3.63) is 11.6 Å². The Hall–Kier alpha value is -0.670. The number of carbonyl (C=O) groups excluding carboxylic acids is 1. The molecule has 2 rings (SSSR count). The molecule has 12 heavy (non-hydrogen) atoms. The zero-order valence-electron chi connectivity index (χ0n) is 7.03. The van der Waals surface area contributed by atoms with Crippen LogP contribution in [0.2, 0.25) is 0 Å². The van der Waals surface area contributed by atoms with Crippen LogP contribution in [0, 0.1) is 5.92 Å². The van der Waals surface area contributed by atoms with Crippen molar-refractivity contribution in [2.75, 3.05) is 7.11 Å². The fourth-order valence-corrected chi connectivity index (χ4v) is 1.91. The highest BCUT2D eigenvalue weighted by Crippen LogP contribution is 2.37. The lowest BCUT2D eigenvalue weighted by atomic mass is 10.1. The summed E-state index contributed by atoms with van der Waals surface area (Å²) < 4.78 is 10.6. The van der Waals surface area contributed by atoms with Crippen LogP contribution in [-0.2, 0) is 14.3 Å². The quantitative estimate of drug-likeness (QED) is 0.574. The Morgan fingerprint density at radius 3 is 3.17 bits per heavy atom. The molecule has 3 heteroatoms. The third kappa shape index (κ3) is 1.19. The Morgan fingerprint density at radius 1 is 1.75 bits per heavy atom. The van der Waals surface area contributed by atoms with Crippen molar-refractivity contribution >= 4 is 6.29 Å². The summed E-state index contributed by atoms with van der Waals surface area (Å²) in [5, 5.41) is 0. The third-order valence-electron chi connectivity index (χ3n) is 2.55. The smallest absolute Gasteiger partial charge is 0.158 e. The maximum Gasteiger partial charge on any atom is 0.158 e. The molecule has 3 atom stereocenters. The molecule has 1 fully saturated rings. The van der Waals surface area contributed by atoms with Crippen LogP contribution in [0.5, 0.6) is 0 Å². The van der Waals surface area contributed by atoms with Crippen LogP contribution < -0.4 is 0 Å². The predicted octanol–water partition coefficient (Wildman–Crippen LogP) is 0.893. The molecule has 1 saturated heterocycles. The van der Waals surface area contributed by atoms with Gasteiger partial charge < -0.3 is 9.47 Å². The summed E-state index contributed by atoms with van der Waals surface area (Å²) in [4.78, 5) is 10.4. The minimum absolute atomic E-state index is 0.0653. The first kappa shape index (κ1) is 7.95. The van der Waals surface area contributed by atoms with E-state index in [1.54, 1.807) is 7.11 Å². The van der Waals surface area contributed by atoms with E-state index >= 15 is 0 Å². The first-order valence-corrected chi connectivity index (χ1v) is 4.17. The third-order valence-corrected chi connectivity index (χ3v) is 2.55. The second-order valence-electron chi connectivity index (χ2n) is 3.30. The van der Waals surface area contributed by atoms with Gasteiger partial charge in [-0.1, -0.05) is 6.08 Å². The van der Waals surface area contributed by atoms with Crippen molar-refractivity contribution in [2.24, 2.45) is 5.92 Å². The zero-order valence-corrected chi connectivity index (χ0v) is 7.03. The number of aldehydes is 1. The molecule has 1 aliphatic carbocycles. The second kappa shape index (κ2) is 2.99. The molecule has 0 aromatic rings. The summed E-state index contributed by atoms with van der Waals surface area (Å²) in [6.07, 6.45) is 4.70. The van der Waals surface area contributed by atoms with Gasteiger partial charge in [-0.25, -0.2) is 0 Å². The number of hydrogen-bond acceptors (Lipinski definition) is 3. The molecule has 0 saturated carbocycles. The molecular weight excluding hydrogens is 156 g/mol. The van der Waals surface area contributed by atoms with E-state index in [1.807, 2.05) is 6.08 Å². The Balaban J connectivity index is 2.02. The molecule has 1 heterocycles. The van der Waals surface area contributed by atoms with Crippen molar-refractivity contribution < 1.29 is 14.3 Å². The summed E-state index contributed by atoms with van der Waals surface area (Å²) in [6.45, 7) is 0. The summed E-state index contributed by atoms with van der Waals surface area (Å²) in [5.41, 5.74) is 0.875. The molecule has 66 valence electrons. The van der Waals surface area contributed by atoms with Gasteiger partial charge in [0.05, 0.1) is 6.10 Å². The number of ether oxygens (including phenoxy) is 2. The first-order chi connectivity index (χ1) is 5.83. The van der Waals surface area contributed by atoms with Crippen LogP contribution in [0.15, 0.2) is 11.6 Å². The fraction of sp³-hybridized carbons (Fsp3) is 0.667. The Bertz CT molecular complexity index is 222. The standard InChI is InChI=1S/C9H12O3/c1-11-9-4-7-2-6(5-10)3-8(7)12-9/h2,5,7-9H,3-4H2,1H3/t7-,8+,9?/m0/s1. The number of hydrogen-bond donors (Lipinski definition) is 0. The molecule has 1 aliphatic heterocycles. The van der Waals surface area contributed by atoms with Crippen LogP contribution in [0.1, 0.15) is 12.8 Å². The van der Waals surface area contributed by atoms with E-state index in [2.05, 4.69) is 0 Å². The molecule has 3 nitrogen and oxygen atoms in total. The van der Waals surface area contributed by atoms with Crippen molar-refractivity contribution in [3.8, 4) is 0 Å². The molecule has 0 aromatic carbocycles. The average Bonchev–Trinajstić information content (AvgIpc) is 2.59. The SMILES string of the molecule is COC1C[C@@H]2C=C(C=O)C[C@H]2O1. The van der Waals surface area contributed by atoms with Crippen molar-refractivity contribution in [2.45, 2.75) is 25.2 Å². The molecule has 0 bridgehead atoms. The van der Waals surface area contributed by atoms with Gasteiger partial charge in [-0.05, 0) is 5.57 Å². The topological polar surface area (TPSA) is 35.5 Å². The van der Waals surface area contributed by atoms with E-state index in [4.69, 9.17) is 9.47 Å². The van der Waals surface area contributed by atoms with Gasteiger partial charge in [-0.3, -0.25) is 4.79 Å². The van der Waals surface area contributed by atoms with Crippen molar-refractivity contribution in [1.82, 2.24) is 0 Å². The van der Waals surface area contributed by atoms with Gasteiger partial charge in [0.15, 0.2) is 6.29 Å². The lowest BCUT2D eigenvalue weighted by Gasteiger charge is -2.09. The Kier molecular flexibility index (Phi) is 1.98. The maximum atomic E-state index is 10.4. The van der Waals surface area contributed by atoms with Crippen LogP contribution in [0.4, 0.5) is 0 Å². The number of carbonyl (C=O) groups is 1. The Labute approximate surface area is 71.3 Å². The number of methoxy groups -OCH3 is 1. The molecule has 1 unspecified atom stereocenters. The number of rotatable bonds is 2. The summed E-state index contributed by atoms with van der Waals surface area (Å²) in [5.74, 6) is 0.398. The van der Waals surface area contributed by atoms with E-state index in [0.717, 1.165) is 24.7 Å². The minimum Gasteiger partial charge on any atom is -0.356 e. The predicted molar refractivity (Wildman–Crippen MR) is 42.5 cm³/mol. The van der Waals surface area contributed by atoms with E-state index in [1.165, 1.54) is 0 Å². The average molecular weight is 168 g/mol. The van der Waals surface area contributed by atoms with Gasteiger partial charge in [0.1, 0.15) is 6.29 Å². The van der Waals surface area contributed by atoms with Gasteiger partial charge >= 0.3 is 0 Å². The lowest BCUT2D eigenvalue weighted by molar-refractivity contribution is -0.115. The maximum absolute atomic E-state index is 10.4. The van der Waals surface area contributed by atoms with Gasteiger partial charge in [-0.15, -0.1) is 0 Å². The van der Waals surface area contributed by atoms with Gasteiger partial charge in [0.2, 0.25) is 0 Å². The Morgan fingerprint density at radius 2 is 2.58 bits per heavy atom. The number of fused-ring (bicyclic) bond motifs is 1.